The molecule has 1 aromatic heterocycles. The third kappa shape index (κ3) is 3.28. The summed E-state index contributed by atoms with van der Waals surface area (Å²) in [7, 11) is 0. The minimum Gasteiger partial charge on any atom is -0.396 e. The molecule has 0 saturated carbocycles. The van der Waals surface area contributed by atoms with E-state index in [4.69, 9.17) is 10.9 Å². The number of rotatable bonds is 6. The van der Waals surface area contributed by atoms with Crippen molar-refractivity contribution in [3.05, 3.63) is 11.4 Å². The molecule has 96 valence electrons. The second-order valence-corrected chi connectivity index (χ2v) is 3.87. The van der Waals surface area contributed by atoms with Gasteiger partial charge in [-0.25, -0.2) is 15.8 Å². The van der Waals surface area contributed by atoms with Crippen LogP contribution in [0.3, 0.4) is 0 Å². The first-order valence-electron chi connectivity index (χ1n) is 5.81. The van der Waals surface area contributed by atoms with E-state index in [0.717, 1.165) is 30.9 Å². The standard InChI is InChI=1S/C11H21N5O/c1-4-16(6-5-7-17)11-8(2)10(15-12)13-9(3)14-11/h17H,4-7,12H2,1-3H3,(H,13,14,15). The average Bonchev–Trinajstić information content (AvgIpc) is 2.33. The second-order valence-electron chi connectivity index (χ2n) is 3.87. The van der Waals surface area contributed by atoms with Crippen LogP contribution in [0.4, 0.5) is 11.6 Å². The Labute approximate surface area is 102 Å². The Bertz CT molecular complexity index is 369. The molecule has 6 nitrogen and oxygen atoms in total. The summed E-state index contributed by atoms with van der Waals surface area (Å²) in [5, 5.41) is 8.89. The predicted molar refractivity (Wildman–Crippen MR) is 68.9 cm³/mol. The van der Waals surface area contributed by atoms with Crippen LogP contribution >= 0.6 is 0 Å². The molecule has 0 aliphatic carbocycles. The van der Waals surface area contributed by atoms with E-state index in [2.05, 4.69) is 27.2 Å². The molecule has 1 aromatic rings. The molecule has 0 radical (unpaired) electrons. The first kappa shape index (κ1) is 13.7. The first-order valence-corrected chi connectivity index (χ1v) is 5.81. The van der Waals surface area contributed by atoms with E-state index >= 15 is 0 Å². The summed E-state index contributed by atoms with van der Waals surface area (Å²) in [4.78, 5) is 10.8. The SMILES string of the molecule is CCN(CCCO)c1nc(C)nc(NN)c1C. The lowest BCUT2D eigenvalue weighted by atomic mass is 10.2. The fraction of sp³-hybridized carbons (Fsp3) is 0.636. The number of hydrogen-bond donors (Lipinski definition) is 3. The van der Waals surface area contributed by atoms with Crippen molar-refractivity contribution < 1.29 is 5.11 Å². The molecule has 0 spiro atoms. The molecule has 6 heteroatoms. The largest absolute Gasteiger partial charge is 0.396 e. The molecular weight excluding hydrogens is 218 g/mol. The zero-order valence-electron chi connectivity index (χ0n) is 10.7. The van der Waals surface area contributed by atoms with Crippen molar-refractivity contribution in [2.75, 3.05) is 30.0 Å². The molecule has 0 atom stereocenters. The maximum Gasteiger partial charge on any atom is 0.148 e. The summed E-state index contributed by atoms with van der Waals surface area (Å²) in [5.41, 5.74) is 3.51. The van der Waals surface area contributed by atoms with E-state index in [9.17, 15) is 0 Å². The summed E-state index contributed by atoms with van der Waals surface area (Å²) in [6, 6.07) is 0. The number of aryl methyl sites for hydroxylation is 1. The molecule has 17 heavy (non-hydrogen) atoms. The lowest BCUT2D eigenvalue weighted by Gasteiger charge is -2.24. The number of hydrogen-bond acceptors (Lipinski definition) is 6. The molecule has 1 rings (SSSR count). The Kier molecular flexibility index (Phi) is 5.11. The quantitative estimate of drug-likeness (QED) is 0.497. The molecule has 0 saturated heterocycles. The summed E-state index contributed by atoms with van der Waals surface area (Å²) in [6.07, 6.45) is 0.724. The molecule has 0 fully saturated rings. The van der Waals surface area contributed by atoms with Gasteiger partial charge in [-0.15, -0.1) is 0 Å². The van der Waals surface area contributed by atoms with Crippen LogP contribution in [0.5, 0.6) is 0 Å². The molecule has 0 aromatic carbocycles. The number of nitrogens with zero attached hydrogens (tertiary/aromatic N) is 3. The number of nitrogen functional groups attached to an aromatic ring is 1. The third-order valence-corrected chi connectivity index (χ3v) is 2.64. The van der Waals surface area contributed by atoms with Gasteiger partial charge in [0.15, 0.2) is 0 Å². The molecule has 0 bridgehead atoms. The van der Waals surface area contributed by atoms with Crippen molar-refractivity contribution in [3.63, 3.8) is 0 Å². The number of aromatic nitrogens is 2. The lowest BCUT2D eigenvalue weighted by Crippen LogP contribution is -2.27. The first-order chi connectivity index (χ1) is 8.13. The Morgan fingerprint density at radius 3 is 2.59 bits per heavy atom. The number of aliphatic hydroxyl groups excluding tert-OH is 1. The van der Waals surface area contributed by atoms with Gasteiger partial charge >= 0.3 is 0 Å². The topological polar surface area (TPSA) is 87.3 Å². The van der Waals surface area contributed by atoms with Gasteiger partial charge < -0.3 is 15.4 Å². The van der Waals surface area contributed by atoms with Gasteiger partial charge in [0.25, 0.3) is 0 Å². The van der Waals surface area contributed by atoms with Crippen LogP contribution in [-0.2, 0) is 0 Å². The molecule has 0 amide bonds. The molecule has 0 aliphatic rings. The van der Waals surface area contributed by atoms with Crippen molar-refractivity contribution in [1.29, 1.82) is 0 Å². The zero-order valence-corrected chi connectivity index (χ0v) is 10.7. The van der Waals surface area contributed by atoms with Gasteiger partial charge in [0, 0.05) is 25.3 Å². The van der Waals surface area contributed by atoms with E-state index in [1.807, 2.05) is 13.8 Å². The molecule has 0 unspecified atom stereocenters. The third-order valence-electron chi connectivity index (χ3n) is 2.64. The summed E-state index contributed by atoms with van der Waals surface area (Å²) in [6.45, 7) is 7.62. The van der Waals surface area contributed by atoms with Crippen molar-refractivity contribution in [3.8, 4) is 0 Å². The van der Waals surface area contributed by atoms with E-state index in [0.29, 0.717) is 11.6 Å². The van der Waals surface area contributed by atoms with Gasteiger partial charge in [0.1, 0.15) is 17.5 Å². The van der Waals surface area contributed by atoms with E-state index in [-0.39, 0.29) is 6.61 Å². The highest BCUT2D eigenvalue weighted by molar-refractivity contribution is 5.58. The van der Waals surface area contributed by atoms with Crippen molar-refractivity contribution >= 4 is 11.6 Å². The number of anilines is 2. The lowest BCUT2D eigenvalue weighted by molar-refractivity contribution is 0.289. The average molecular weight is 239 g/mol. The van der Waals surface area contributed by atoms with Gasteiger partial charge in [-0.2, -0.15) is 0 Å². The van der Waals surface area contributed by atoms with Crippen LogP contribution in [0, 0.1) is 13.8 Å². The fourth-order valence-corrected chi connectivity index (χ4v) is 1.74. The van der Waals surface area contributed by atoms with E-state index in [1.54, 1.807) is 0 Å². The number of nitrogens with one attached hydrogen (secondary N) is 1. The van der Waals surface area contributed by atoms with Gasteiger partial charge in [0.2, 0.25) is 0 Å². The van der Waals surface area contributed by atoms with Crippen LogP contribution in [0.15, 0.2) is 0 Å². The highest BCUT2D eigenvalue weighted by atomic mass is 16.3. The van der Waals surface area contributed by atoms with Crippen molar-refractivity contribution in [2.45, 2.75) is 27.2 Å². The maximum absolute atomic E-state index is 8.89. The van der Waals surface area contributed by atoms with Crippen LogP contribution in [0.25, 0.3) is 0 Å². The van der Waals surface area contributed by atoms with Crippen molar-refractivity contribution in [2.24, 2.45) is 5.84 Å². The normalized spacial score (nSPS) is 10.4. The van der Waals surface area contributed by atoms with E-state index in [1.165, 1.54) is 0 Å². The van der Waals surface area contributed by atoms with Crippen LogP contribution in [0.1, 0.15) is 24.7 Å². The van der Waals surface area contributed by atoms with Crippen LogP contribution in [0.2, 0.25) is 0 Å². The Balaban J connectivity index is 3.05. The Morgan fingerprint density at radius 2 is 2.06 bits per heavy atom. The second kappa shape index (κ2) is 6.36. The van der Waals surface area contributed by atoms with Gasteiger partial charge in [-0.3, -0.25) is 0 Å². The summed E-state index contributed by atoms with van der Waals surface area (Å²) in [5.74, 6) is 7.64. The van der Waals surface area contributed by atoms with Gasteiger partial charge in [-0.1, -0.05) is 0 Å². The minimum atomic E-state index is 0.182. The maximum atomic E-state index is 8.89. The Morgan fingerprint density at radius 1 is 1.35 bits per heavy atom. The predicted octanol–water partition coefficient (Wildman–Crippen LogP) is 0.588. The van der Waals surface area contributed by atoms with Crippen molar-refractivity contribution in [1.82, 2.24) is 9.97 Å². The summed E-state index contributed by atoms with van der Waals surface area (Å²) < 4.78 is 0. The number of nitrogens with two attached hydrogens (primary N) is 1. The molecule has 1 heterocycles. The van der Waals surface area contributed by atoms with Gasteiger partial charge in [-0.05, 0) is 27.2 Å². The molecule has 0 aliphatic heterocycles. The smallest absolute Gasteiger partial charge is 0.148 e. The van der Waals surface area contributed by atoms with Crippen LogP contribution < -0.4 is 16.2 Å². The number of aliphatic hydroxyl groups is 1. The zero-order chi connectivity index (χ0) is 12.8. The molecular formula is C11H21N5O. The highest BCUT2D eigenvalue weighted by Gasteiger charge is 2.13. The fourth-order valence-electron chi connectivity index (χ4n) is 1.74. The summed E-state index contributed by atoms with van der Waals surface area (Å²) >= 11 is 0. The highest BCUT2D eigenvalue weighted by Crippen LogP contribution is 2.22. The van der Waals surface area contributed by atoms with Gasteiger partial charge in [0.05, 0.1) is 0 Å². The number of hydrazine groups is 1. The minimum absolute atomic E-state index is 0.182. The monoisotopic (exact) mass is 239 g/mol. The molecule has 4 N–H and O–H groups in total. The Hall–Kier alpha value is -1.40. The van der Waals surface area contributed by atoms with E-state index < -0.39 is 0 Å². The van der Waals surface area contributed by atoms with Crippen LogP contribution in [-0.4, -0.2) is 34.8 Å².